The van der Waals surface area contributed by atoms with Gasteiger partial charge in [-0.1, -0.05) is 30.4 Å². The number of urea groups is 1. The number of rotatable bonds is 8. The summed E-state index contributed by atoms with van der Waals surface area (Å²) in [7, 11) is 0. The van der Waals surface area contributed by atoms with Gasteiger partial charge in [-0.3, -0.25) is 9.69 Å². The summed E-state index contributed by atoms with van der Waals surface area (Å²) < 4.78 is 5.76. The molecular formula is C27H32N4O3. The molecule has 1 aromatic carbocycles. The van der Waals surface area contributed by atoms with Crippen LogP contribution in [-0.2, 0) is 11.2 Å². The van der Waals surface area contributed by atoms with Crippen LogP contribution in [0.2, 0.25) is 0 Å². The molecule has 2 aromatic rings. The SMILES string of the molecule is C=CCNCCN1C(=O)N2[C@H](C3C=CC=CC3)c3[nH]c4ccc(OCC)cc4c3C[C@@]2(C)C1=O. The van der Waals surface area contributed by atoms with Crippen LogP contribution in [0.5, 0.6) is 5.75 Å². The molecule has 5 rings (SSSR count). The molecule has 0 saturated carbocycles. The molecule has 1 aliphatic carbocycles. The Kier molecular flexibility index (Phi) is 5.81. The highest BCUT2D eigenvalue weighted by atomic mass is 16.5. The van der Waals surface area contributed by atoms with E-state index in [-0.39, 0.29) is 23.9 Å². The van der Waals surface area contributed by atoms with E-state index >= 15 is 0 Å². The molecule has 1 fully saturated rings. The van der Waals surface area contributed by atoms with Crippen LogP contribution in [0, 0.1) is 5.92 Å². The van der Waals surface area contributed by atoms with E-state index in [2.05, 4.69) is 35.1 Å². The average Bonchev–Trinajstić information content (AvgIpc) is 3.28. The van der Waals surface area contributed by atoms with Crippen molar-refractivity contribution in [3.63, 3.8) is 0 Å². The maximum Gasteiger partial charge on any atom is 0.328 e. The van der Waals surface area contributed by atoms with E-state index in [0.29, 0.717) is 32.7 Å². The molecule has 3 aliphatic rings. The van der Waals surface area contributed by atoms with Crippen LogP contribution in [0.3, 0.4) is 0 Å². The highest BCUT2D eigenvalue weighted by Crippen LogP contribution is 2.50. The molecule has 7 nitrogen and oxygen atoms in total. The Balaban J connectivity index is 1.60. The summed E-state index contributed by atoms with van der Waals surface area (Å²) in [5.74, 6) is 0.766. The number of ether oxygens (including phenoxy) is 1. The molecule has 34 heavy (non-hydrogen) atoms. The van der Waals surface area contributed by atoms with Gasteiger partial charge in [0.05, 0.1) is 12.6 Å². The molecule has 0 bridgehead atoms. The molecule has 0 radical (unpaired) electrons. The lowest BCUT2D eigenvalue weighted by atomic mass is 9.78. The second-order valence-corrected chi connectivity index (χ2v) is 9.37. The second kappa shape index (κ2) is 8.80. The topological polar surface area (TPSA) is 77.7 Å². The van der Waals surface area contributed by atoms with E-state index in [9.17, 15) is 9.59 Å². The van der Waals surface area contributed by atoms with E-state index in [1.54, 1.807) is 6.08 Å². The number of aromatic amines is 1. The summed E-state index contributed by atoms with van der Waals surface area (Å²) >= 11 is 0. The molecule has 2 aliphatic heterocycles. The molecule has 0 spiro atoms. The van der Waals surface area contributed by atoms with Crippen LogP contribution >= 0.6 is 0 Å². The fourth-order valence-electron chi connectivity index (χ4n) is 5.66. The Morgan fingerprint density at radius 2 is 2.18 bits per heavy atom. The lowest BCUT2D eigenvalue weighted by Crippen LogP contribution is -2.54. The zero-order valence-corrected chi connectivity index (χ0v) is 19.8. The summed E-state index contributed by atoms with van der Waals surface area (Å²) in [5, 5.41) is 4.27. The summed E-state index contributed by atoms with van der Waals surface area (Å²) in [4.78, 5) is 34.4. The van der Waals surface area contributed by atoms with Crippen molar-refractivity contribution >= 4 is 22.8 Å². The van der Waals surface area contributed by atoms with Crippen molar-refractivity contribution in [1.82, 2.24) is 20.1 Å². The first-order valence-electron chi connectivity index (χ1n) is 12.1. The lowest BCUT2D eigenvalue weighted by molar-refractivity contribution is -0.133. The number of nitrogens with one attached hydrogen (secondary N) is 2. The molecule has 3 amide bonds. The van der Waals surface area contributed by atoms with Gasteiger partial charge >= 0.3 is 6.03 Å². The molecular weight excluding hydrogens is 428 g/mol. The van der Waals surface area contributed by atoms with Crippen LogP contribution in [0.4, 0.5) is 4.79 Å². The van der Waals surface area contributed by atoms with Crippen LogP contribution in [-0.4, -0.2) is 58.5 Å². The number of fused-ring (bicyclic) bond motifs is 4. The first-order chi connectivity index (χ1) is 16.5. The maximum atomic E-state index is 13.7. The third kappa shape index (κ3) is 3.46. The van der Waals surface area contributed by atoms with Gasteiger partial charge < -0.3 is 19.9 Å². The molecule has 3 atom stereocenters. The van der Waals surface area contributed by atoms with Crippen LogP contribution in [0.15, 0.2) is 55.2 Å². The van der Waals surface area contributed by atoms with Crippen LogP contribution < -0.4 is 10.1 Å². The Labute approximate surface area is 200 Å². The minimum atomic E-state index is -0.932. The van der Waals surface area contributed by atoms with Crippen molar-refractivity contribution in [2.24, 2.45) is 5.92 Å². The largest absolute Gasteiger partial charge is 0.494 e. The summed E-state index contributed by atoms with van der Waals surface area (Å²) in [6.07, 6.45) is 11.4. The van der Waals surface area contributed by atoms with E-state index in [0.717, 1.165) is 34.3 Å². The highest BCUT2D eigenvalue weighted by molar-refractivity contribution is 6.08. The van der Waals surface area contributed by atoms with Gasteiger partial charge in [0.15, 0.2) is 0 Å². The Hall–Kier alpha value is -3.32. The summed E-state index contributed by atoms with van der Waals surface area (Å²) in [5.41, 5.74) is 2.21. The van der Waals surface area contributed by atoms with Crippen molar-refractivity contribution in [3.05, 3.63) is 66.4 Å². The zero-order valence-electron chi connectivity index (χ0n) is 19.8. The fourth-order valence-corrected chi connectivity index (χ4v) is 5.66. The summed E-state index contributed by atoms with van der Waals surface area (Å²) in [6.45, 7) is 9.71. The minimum absolute atomic E-state index is 0.0818. The normalized spacial score (nSPS) is 25.7. The highest BCUT2D eigenvalue weighted by Gasteiger charge is 2.60. The second-order valence-electron chi connectivity index (χ2n) is 9.37. The van der Waals surface area contributed by atoms with Gasteiger partial charge in [-0.25, -0.2) is 4.79 Å². The Bertz CT molecular complexity index is 1200. The predicted octanol–water partition coefficient (Wildman–Crippen LogP) is 4.09. The smallest absolute Gasteiger partial charge is 0.328 e. The predicted molar refractivity (Wildman–Crippen MR) is 133 cm³/mol. The molecule has 2 N–H and O–H groups in total. The number of carbonyl (C=O) groups excluding carboxylic acids is 2. The van der Waals surface area contributed by atoms with Crippen molar-refractivity contribution in [2.45, 2.75) is 38.3 Å². The number of hydrogen-bond acceptors (Lipinski definition) is 4. The Morgan fingerprint density at radius 3 is 2.91 bits per heavy atom. The number of allylic oxidation sites excluding steroid dienone is 3. The van der Waals surface area contributed by atoms with Crippen molar-refractivity contribution in [3.8, 4) is 5.75 Å². The third-order valence-electron chi connectivity index (χ3n) is 7.21. The van der Waals surface area contributed by atoms with E-state index in [4.69, 9.17) is 4.74 Å². The number of nitrogens with zero attached hydrogens (tertiary/aromatic N) is 2. The Morgan fingerprint density at radius 1 is 1.32 bits per heavy atom. The van der Waals surface area contributed by atoms with Gasteiger partial charge in [0, 0.05) is 48.6 Å². The molecule has 3 heterocycles. The lowest BCUT2D eigenvalue weighted by Gasteiger charge is -2.45. The van der Waals surface area contributed by atoms with Gasteiger partial charge in [0.25, 0.3) is 5.91 Å². The number of H-pyrrole nitrogens is 1. The van der Waals surface area contributed by atoms with Crippen molar-refractivity contribution in [1.29, 1.82) is 0 Å². The zero-order chi connectivity index (χ0) is 23.9. The minimum Gasteiger partial charge on any atom is -0.494 e. The molecule has 1 saturated heterocycles. The number of benzene rings is 1. The van der Waals surface area contributed by atoms with Gasteiger partial charge in [-0.2, -0.15) is 0 Å². The maximum absolute atomic E-state index is 13.7. The van der Waals surface area contributed by atoms with Crippen molar-refractivity contribution in [2.75, 3.05) is 26.2 Å². The standard InChI is InChI=1S/C27H32N4O3/c1-4-13-28-14-15-30-25(32)27(3)17-21-20-16-19(34-5-2)11-12-22(20)29-23(21)24(31(27)26(30)33)18-9-7-6-8-10-18/h4,6-9,11-12,16,18,24,28-29H,1,5,10,13-15,17H2,2-3H3/t18?,24-,27+/m1/s1. The number of imide groups is 1. The first-order valence-corrected chi connectivity index (χ1v) is 12.1. The molecule has 7 heteroatoms. The number of carbonyl (C=O) groups is 2. The van der Waals surface area contributed by atoms with Crippen molar-refractivity contribution < 1.29 is 14.3 Å². The van der Waals surface area contributed by atoms with Gasteiger partial charge in [0.1, 0.15) is 11.3 Å². The third-order valence-corrected chi connectivity index (χ3v) is 7.21. The number of amides is 3. The first kappa shape index (κ1) is 22.5. The summed E-state index contributed by atoms with van der Waals surface area (Å²) in [6, 6.07) is 5.59. The van der Waals surface area contributed by atoms with E-state index < -0.39 is 5.54 Å². The fraction of sp³-hybridized carbons (Fsp3) is 0.407. The number of aromatic nitrogens is 1. The monoisotopic (exact) mass is 460 g/mol. The molecule has 1 unspecified atom stereocenters. The van der Waals surface area contributed by atoms with Crippen LogP contribution in [0.1, 0.15) is 37.6 Å². The quantitative estimate of drug-likeness (QED) is 0.353. The van der Waals surface area contributed by atoms with Gasteiger partial charge in [-0.15, -0.1) is 6.58 Å². The van der Waals surface area contributed by atoms with E-state index in [1.807, 2.05) is 43.0 Å². The van der Waals surface area contributed by atoms with Gasteiger partial charge in [0.2, 0.25) is 0 Å². The average molecular weight is 461 g/mol. The van der Waals surface area contributed by atoms with E-state index in [1.165, 1.54) is 4.90 Å². The van der Waals surface area contributed by atoms with Crippen LogP contribution in [0.25, 0.3) is 10.9 Å². The molecule has 1 aromatic heterocycles. The van der Waals surface area contributed by atoms with Gasteiger partial charge in [-0.05, 0) is 44.0 Å². The number of hydrogen-bond donors (Lipinski definition) is 2. The molecule has 178 valence electrons.